The number of benzene rings is 1. The van der Waals surface area contributed by atoms with Gasteiger partial charge in [-0.3, -0.25) is 14.3 Å². The fraction of sp³-hybridized carbons (Fsp3) is 0.250. The molecule has 0 aliphatic carbocycles. The average Bonchev–Trinajstić information content (AvgIpc) is 2.35. The van der Waals surface area contributed by atoms with Crippen LogP contribution < -0.4 is 11.2 Å². The molecule has 19 heavy (non-hydrogen) atoms. The standard InChI is InChI=1S/C12H13N3O4/c1-2-15-8-5-10(17)9(16)3-6(8)12(19)7(14-15)4-11(13)18/h3,5,16-17H,2,4H2,1H3,(H2,13,18). The number of aryl methyl sites for hydroxylation is 1. The first-order valence-corrected chi connectivity index (χ1v) is 5.68. The summed E-state index contributed by atoms with van der Waals surface area (Å²) >= 11 is 0. The normalized spacial score (nSPS) is 10.8. The molecule has 4 N–H and O–H groups in total. The smallest absolute Gasteiger partial charge is 0.223 e. The molecule has 7 nitrogen and oxygen atoms in total. The fourth-order valence-corrected chi connectivity index (χ4v) is 1.88. The van der Waals surface area contributed by atoms with Gasteiger partial charge in [0, 0.05) is 12.6 Å². The van der Waals surface area contributed by atoms with E-state index in [2.05, 4.69) is 5.10 Å². The topological polar surface area (TPSA) is 118 Å². The highest BCUT2D eigenvalue weighted by atomic mass is 16.3. The van der Waals surface area contributed by atoms with E-state index in [9.17, 15) is 19.8 Å². The van der Waals surface area contributed by atoms with Crippen molar-refractivity contribution in [2.75, 3.05) is 0 Å². The van der Waals surface area contributed by atoms with E-state index in [0.717, 1.165) is 6.07 Å². The van der Waals surface area contributed by atoms with Crippen molar-refractivity contribution in [3.05, 3.63) is 28.0 Å². The molecule has 7 heteroatoms. The fourth-order valence-electron chi connectivity index (χ4n) is 1.88. The number of primary amides is 1. The zero-order valence-corrected chi connectivity index (χ0v) is 10.3. The van der Waals surface area contributed by atoms with Gasteiger partial charge in [-0.1, -0.05) is 0 Å². The quantitative estimate of drug-likeness (QED) is 0.666. The molecule has 0 fully saturated rings. The van der Waals surface area contributed by atoms with Crippen LogP contribution in [0.2, 0.25) is 0 Å². The predicted octanol–water partition coefficient (Wildman–Crippen LogP) is -0.145. The molecule has 0 aliphatic rings. The summed E-state index contributed by atoms with van der Waals surface area (Å²) in [7, 11) is 0. The highest BCUT2D eigenvalue weighted by Gasteiger charge is 2.14. The Labute approximate surface area is 107 Å². The van der Waals surface area contributed by atoms with Crippen LogP contribution in [0.4, 0.5) is 0 Å². The summed E-state index contributed by atoms with van der Waals surface area (Å²) in [5, 5.41) is 23.2. The number of phenolic OH excluding ortho intramolecular Hbond substituents is 2. The Kier molecular flexibility index (Phi) is 3.12. The predicted molar refractivity (Wildman–Crippen MR) is 67.9 cm³/mol. The molecule has 0 atom stereocenters. The number of fused-ring (bicyclic) bond motifs is 1. The second kappa shape index (κ2) is 4.60. The first-order chi connectivity index (χ1) is 8.93. The molecule has 0 saturated carbocycles. The Morgan fingerprint density at radius 3 is 2.58 bits per heavy atom. The number of nitrogens with zero attached hydrogens (tertiary/aromatic N) is 2. The third kappa shape index (κ3) is 2.22. The molecule has 0 saturated heterocycles. The van der Waals surface area contributed by atoms with Crippen LogP contribution in [0.3, 0.4) is 0 Å². The zero-order valence-electron chi connectivity index (χ0n) is 10.3. The minimum absolute atomic E-state index is 0.0203. The number of amides is 1. The lowest BCUT2D eigenvalue weighted by Crippen LogP contribution is -2.24. The molecule has 0 spiro atoms. The number of aromatic hydroxyl groups is 2. The van der Waals surface area contributed by atoms with Gasteiger partial charge in [0.15, 0.2) is 11.5 Å². The maximum absolute atomic E-state index is 12.1. The maximum Gasteiger partial charge on any atom is 0.223 e. The van der Waals surface area contributed by atoms with Gasteiger partial charge in [-0.2, -0.15) is 5.10 Å². The molecule has 2 aromatic rings. The lowest BCUT2D eigenvalue weighted by molar-refractivity contribution is -0.117. The van der Waals surface area contributed by atoms with Crippen LogP contribution in [0.15, 0.2) is 16.9 Å². The van der Waals surface area contributed by atoms with E-state index in [1.54, 1.807) is 6.92 Å². The molecule has 100 valence electrons. The third-order valence-electron chi connectivity index (χ3n) is 2.76. The number of hydrogen-bond donors (Lipinski definition) is 3. The van der Waals surface area contributed by atoms with Crippen molar-refractivity contribution in [2.45, 2.75) is 19.9 Å². The summed E-state index contributed by atoms with van der Waals surface area (Å²) in [6, 6.07) is 2.42. The van der Waals surface area contributed by atoms with Crippen molar-refractivity contribution in [3.63, 3.8) is 0 Å². The Balaban J connectivity index is 2.83. The van der Waals surface area contributed by atoms with Crippen LogP contribution in [-0.4, -0.2) is 25.9 Å². The largest absolute Gasteiger partial charge is 0.504 e. The second-order valence-corrected chi connectivity index (χ2v) is 4.09. The van der Waals surface area contributed by atoms with Crippen molar-refractivity contribution >= 4 is 16.8 Å². The summed E-state index contributed by atoms with van der Waals surface area (Å²) in [5.41, 5.74) is 4.99. The molecule has 1 amide bonds. The molecule has 0 aliphatic heterocycles. The van der Waals surface area contributed by atoms with Crippen LogP contribution >= 0.6 is 0 Å². The number of phenols is 2. The van der Waals surface area contributed by atoms with Crippen molar-refractivity contribution in [1.82, 2.24) is 9.78 Å². The van der Waals surface area contributed by atoms with Crippen LogP contribution in [-0.2, 0) is 17.8 Å². The summed E-state index contributed by atoms with van der Waals surface area (Å²) < 4.78 is 1.47. The van der Waals surface area contributed by atoms with Crippen LogP contribution in [0.25, 0.3) is 10.9 Å². The molecule has 1 heterocycles. The molecule has 2 rings (SSSR count). The molecular weight excluding hydrogens is 250 g/mol. The van der Waals surface area contributed by atoms with Crippen molar-refractivity contribution < 1.29 is 15.0 Å². The van der Waals surface area contributed by atoms with E-state index in [-0.39, 0.29) is 23.3 Å². The van der Waals surface area contributed by atoms with Gasteiger partial charge in [0.2, 0.25) is 11.3 Å². The number of carbonyl (C=O) groups is 1. The van der Waals surface area contributed by atoms with E-state index >= 15 is 0 Å². The Hall–Kier alpha value is -2.57. The SMILES string of the molecule is CCn1nc(CC(N)=O)c(=O)c2cc(O)c(O)cc21. The number of carbonyl (C=O) groups excluding carboxylic acids is 1. The molecule has 0 unspecified atom stereocenters. The molecular formula is C12H13N3O4. The Morgan fingerprint density at radius 2 is 2.00 bits per heavy atom. The van der Waals surface area contributed by atoms with Crippen LogP contribution in [0.5, 0.6) is 11.5 Å². The number of hydrogen-bond acceptors (Lipinski definition) is 5. The first-order valence-electron chi connectivity index (χ1n) is 5.68. The van der Waals surface area contributed by atoms with E-state index in [1.807, 2.05) is 0 Å². The summed E-state index contributed by atoms with van der Waals surface area (Å²) in [5.74, 6) is -1.39. The van der Waals surface area contributed by atoms with Gasteiger partial charge in [-0.15, -0.1) is 0 Å². The molecule has 1 aromatic heterocycles. The monoisotopic (exact) mass is 263 g/mol. The van der Waals surface area contributed by atoms with Gasteiger partial charge < -0.3 is 15.9 Å². The lowest BCUT2D eigenvalue weighted by Gasteiger charge is -2.10. The zero-order chi connectivity index (χ0) is 14.2. The van der Waals surface area contributed by atoms with Gasteiger partial charge in [0.1, 0.15) is 5.69 Å². The molecule has 0 radical (unpaired) electrons. The van der Waals surface area contributed by atoms with Crippen LogP contribution in [0, 0.1) is 0 Å². The minimum Gasteiger partial charge on any atom is -0.504 e. The van der Waals surface area contributed by atoms with Gasteiger partial charge in [0.05, 0.1) is 17.3 Å². The second-order valence-electron chi connectivity index (χ2n) is 4.09. The number of nitrogens with two attached hydrogens (primary N) is 1. The van der Waals surface area contributed by atoms with Crippen molar-refractivity contribution in [2.24, 2.45) is 5.73 Å². The van der Waals surface area contributed by atoms with E-state index < -0.39 is 17.1 Å². The molecule has 1 aromatic carbocycles. The van der Waals surface area contributed by atoms with Crippen molar-refractivity contribution in [1.29, 1.82) is 0 Å². The highest BCUT2D eigenvalue weighted by molar-refractivity contribution is 5.84. The van der Waals surface area contributed by atoms with Gasteiger partial charge in [-0.05, 0) is 13.0 Å². The Morgan fingerprint density at radius 1 is 1.37 bits per heavy atom. The number of aromatic nitrogens is 2. The summed E-state index contributed by atoms with van der Waals surface area (Å²) in [6.07, 6.45) is -0.267. The Bertz CT molecular complexity index is 721. The lowest BCUT2D eigenvalue weighted by atomic mass is 10.1. The van der Waals surface area contributed by atoms with Gasteiger partial charge in [-0.25, -0.2) is 0 Å². The van der Waals surface area contributed by atoms with E-state index in [0.29, 0.717) is 12.1 Å². The first kappa shape index (κ1) is 12.9. The highest BCUT2D eigenvalue weighted by Crippen LogP contribution is 2.28. The summed E-state index contributed by atoms with van der Waals surface area (Å²) in [4.78, 5) is 23.0. The summed E-state index contributed by atoms with van der Waals surface area (Å²) in [6.45, 7) is 2.24. The third-order valence-corrected chi connectivity index (χ3v) is 2.76. The average molecular weight is 263 g/mol. The van der Waals surface area contributed by atoms with Crippen molar-refractivity contribution in [3.8, 4) is 11.5 Å². The minimum atomic E-state index is -0.658. The number of rotatable bonds is 3. The van der Waals surface area contributed by atoms with Gasteiger partial charge >= 0.3 is 0 Å². The van der Waals surface area contributed by atoms with Gasteiger partial charge in [0.25, 0.3) is 0 Å². The van der Waals surface area contributed by atoms with Crippen LogP contribution in [0.1, 0.15) is 12.6 Å². The van der Waals surface area contributed by atoms with E-state index in [4.69, 9.17) is 5.73 Å². The maximum atomic E-state index is 12.1. The molecule has 0 bridgehead atoms. The van der Waals surface area contributed by atoms with E-state index in [1.165, 1.54) is 10.7 Å².